The highest BCUT2D eigenvalue weighted by Crippen LogP contribution is 2.17. The molecule has 0 aromatic carbocycles. The molecule has 0 spiro atoms. The van der Waals surface area contributed by atoms with Gasteiger partial charge in [-0.1, -0.05) is 316 Å². The molecule has 0 fully saturated rings. The molecule has 0 saturated heterocycles. The van der Waals surface area contributed by atoms with E-state index in [-0.39, 0.29) is 31.1 Å². The smallest absolute Gasteiger partial charge is 0.306 e. The zero-order valence-electron chi connectivity index (χ0n) is 54.0. The fourth-order valence-electron chi connectivity index (χ4n) is 9.81. The van der Waals surface area contributed by atoms with Crippen LogP contribution in [0.3, 0.4) is 0 Å². The van der Waals surface area contributed by atoms with Crippen LogP contribution >= 0.6 is 0 Å². The molecular weight excluding hydrogens is 1010 g/mol. The predicted molar refractivity (Wildman–Crippen MR) is 357 cm³/mol. The van der Waals surface area contributed by atoms with Crippen molar-refractivity contribution >= 4 is 17.9 Å². The summed E-state index contributed by atoms with van der Waals surface area (Å²) >= 11 is 0. The van der Waals surface area contributed by atoms with Crippen molar-refractivity contribution in [3.8, 4) is 0 Å². The topological polar surface area (TPSA) is 78.9 Å². The lowest BCUT2D eigenvalue weighted by Crippen LogP contribution is -2.30. The number of carbonyl (C=O) groups is 3. The van der Waals surface area contributed by atoms with Crippen LogP contribution < -0.4 is 0 Å². The van der Waals surface area contributed by atoms with E-state index in [9.17, 15) is 14.4 Å². The number of hydrogen-bond donors (Lipinski definition) is 0. The van der Waals surface area contributed by atoms with Crippen LogP contribution in [0.5, 0.6) is 0 Å². The molecule has 0 aromatic rings. The molecule has 82 heavy (non-hydrogen) atoms. The zero-order valence-corrected chi connectivity index (χ0v) is 54.0. The van der Waals surface area contributed by atoms with Gasteiger partial charge in [-0.05, 0) is 109 Å². The van der Waals surface area contributed by atoms with Crippen LogP contribution in [0.15, 0.2) is 109 Å². The van der Waals surface area contributed by atoms with Gasteiger partial charge in [-0.3, -0.25) is 14.4 Å². The third-order valence-corrected chi connectivity index (χ3v) is 15.0. The number of allylic oxidation sites excluding steroid dienone is 18. The van der Waals surface area contributed by atoms with Crippen LogP contribution in [0.25, 0.3) is 0 Å². The number of unbranched alkanes of at least 4 members (excludes halogenated alkanes) is 34. The Bertz CT molecular complexity index is 1640. The van der Waals surface area contributed by atoms with Gasteiger partial charge in [0, 0.05) is 19.3 Å². The molecule has 1 unspecified atom stereocenters. The van der Waals surface area contributed by atoms with E-state index >= 15 is 0 Å². The summed E-state index contributed by atoms with van der Waals surface area (Å²) in [5.41, 5.74) is 0. The van der Waals surface area contributed by atoms with Crippen LogP contribution in [0.4, 0.5) is 0 Å². The van der Waals surface area contributed by atoms with E-state index in [1.54, 1.807) is 0 Å². The Kier molecular flexibility index (Phi) is 66.2. The van der Waals surface area contributed by atoms with E-state index in [1.807, 2.05) is 0 Å². The molecule has 0 N–H and O–H groups in total. The summed E-state index contributed by atoms with van der Waals surface area (Å²) in [6.07, 6.45) is 95.3. The maximum Gasteiger partial charge on any atom is 0.306 e. The summed E-state index contributed by atoms with van der Waals surface area (Å²) in [5, 5.41) is 0. The highest BCUT2D eigenvalue weighted by Gasteiger charge is 2.19. The van der Waals surface area contributed by atoms with Gasteiger partial charge in [0.15, 0.2) is 6.10 Å². The van der Waals surface area contributed by atoms with Crippen molar-refractivity contribution in [1.82, 2.24) is 0 Å². The van der Waals surface area contributed by atoms with Crippen molar-refractivity contribution in [3.63, 3.8) is 0 Å². The van der Waals surface area contributed by atoms with E-state index in [0.29, 0.717) is 19.3 Å². The molecular formula is C76H130O6. The first-order valence-corrected chi connectivity index (χ1v) is 34.9. The molecule has 0 amide bonds. The van der Waals surface area contributed by atoms with E-state index in [1.165, 1.54) is 180 Å². The second-order valence-corrected chi connectivity index (χ2v) is 23.1. The fourth-order valence-corrected chi connectivity index (χ4v) is 9.81. The molecule has 0 rings (SSSR count). The van der Waals surface area contributed by atoms with Gasteiger partial charge in [-0.25, -0.2) is 0 Å². The molecule has 0 heterocycles. The Morgan fingerprint density at radius 2 is 0.476 bits per heavy atom. The fraction of sp³-hybridized carbons (Fsp3) is 0.724. The summed E-state index contributed by atoms with van der Waals surface area (Å²) in [7, 11) is 0. The van der Waals surface area contributed by atoms with Crippen LogP contribution in [-0.4, -0.2) is 37.2 Å². The first kappa shape index (κ1) is 78.1. The van der Waals surface area contributed by atoms with Gasteiger partial charge in [-0.15, -0.1) is 0 Å². The van der Waals surface area contributed by atoms with Crippen molar-refractivity contribution in [2.75, 3.05) is 13.2 Å². The van der Waals surface area contributed by atoms with Gasteiger partial charge in [0.2, 0.25) is 0 Å². The van der Waals surface area contributed by atoms with Gasteiger partial charge in [0.05, 0.1) is 0 Å². The first-order valence-electron chi connectivity index (χ1n) is 34.9. The van der Waals surface area contributed by atoms with Crippen LogP contribution in [0.1, 0.15) is 335 Å². The zero-order chi connectivity index (χ0) is 59.2. The number of esters is 3. The molecule has 0 radical (unpaired) electrons. The van der Waals surface area contributed by atoms with Gasteiger partial charge in [0.1, 0.15) is 13.2 Å². The maximum atomic E-state index is 12.9. The van der Waals surface area contributed by atoms with Gasteiger partial charge in [0.25, 0.3) is 0 Å². The van der Waals surface area contributed by atoms with E-state index < -0.39 is 6.10 Å². The van der Waals surface area contributed by atoms with E-state index in [2.05, 4.69) is 130 Å². The minimum atomic E-state index is -0.783. The second-order valence-electron chi connectivity index (χ2n) is 23.1. The van der Waals surface area contributed by atoms with Crippen molar-refractivity contribution in [2.45, 2.75) is 341 Å². The lowest BCUT2D eigenvalue weighted by Gasteiger charge is -2.18. The number of hydrogen-bond acceptors (Lipinski definition) is 6. The van der Waals surface area contributed by atoms with Crippen molar-refractivity contribution in [1.29, 1.82) is 0 Å². The maximum absolute atomic E-state index is 12.9. The normalized spacial score (nSPS) is 12.8. The van der Waals surface area contributed by atoms with Crippen LogP contribution in [0.2, 0.25) is 0 Å². The summed E-state index contributed by atoms with van der Waals surface area (Å²) < 4.78 is 17.0. The van der Waals surface area contributed by atoms with Gasteiger partial charge >= 0.3 is 17.9 Å². The van der Waals surface area contributed by atoms with Crippen LogP contribution in [-0.2, 0) is 28.6 Å². The Morgan fingerprint density at radius 1 is 0.256 bits per heavy atom. The standard InChI is InChI=1S/C76H130O6/c1-4-7-10-13-16-19-22-25-27-29-31-32-33-34-35-36-37-38-39-40-41-42-43-44-45-47-48-51-54-57-60-63-66-69-75(78)81-72-73(71-80-74(77)68-65-62-59-56-53-50-24-21-18-15-12-9-6-3)82-76(79)70-67-64-61-58-55-52-49-46-30-28-26-23-20-17-14-11-8-5-2/h7,10,16,19-20,23,25,27-28,30-32,34-35,37-38,40-41,73H,4-6,8-9,11-15,17-18,21-22,24,26,29,33,36,39,42-72H2,1-3H3/b10-7-,19-16-,23-20-,27-25-,30-28-,32-31-,35-34-,38-37-,41-40-. The highest BCUT2D eigenvalue weighted by atomic mass is 16.6. The monoisotopic (exact) mass is 1140 g/mol. The third-order valence-electron chi connectivity index (χ3n) is 15.0. The number of ether oxygens (including phenoxy) is 3. The molecule has 0 saturated carbocycles. The van der Waals surface area contributed by atoms with E-state index in [4.69, 9.17) is 14.2 Å². The van der Waals surface area contributed by atoms with Crippen molar-refractivity contribution in [2.24, 2.45) is 0 Å². The second kappa shape index (κ2) is 69.6. The molecule has 0 aliphatic rings. The molecule has 1 atom stereocenters. The Morgan fingerprint density at radius 3 is 0.756 bits per heavy atom. The van der Waals surface area contributed by atoms with E-state index in [0.717, 1.165) is 116 Å². The Labute approximate surface area is 508 Å². The molecule has 470 valence electrons. The predicted octanol–water partition coefficient (Wildman–Crippen LogP) is 24.2. The summed E-state index contributed by atoms with van der Waals surface area (Å²) in [5.74, 6) is -0.876. The molecule has 0 bridgehead atoms. The largest absolute Gasteiger partial charge is 0.462 e. The number of carbonyl (C=O) groups excluding carboxylic acids is 3. The molecule has 6 heteroatoms. The van der Waals surface area contributed by atoms with Crippen LogP contribution in [0, 0.1) is 0 Å². The minimum absolute atomic E-state index is 0.0784. The minimum Gasteiger partial charge on any atom is -0.462 e. The molecule has 0 aliphatic carbocycles. The highest BCUT2D eigenvalue weighted by molar-refractivity contribution is 5.71. The van der Waals surface area contributed by atoms with Gasteiger partial charge < -0.3 is 14.2 Å². The first-order chi connectivity index (χ1) is 40.5. The average molecular weight is 1140 g/mol. The summed E-state index contributed by atoms with van der Waals surface area (Å²) in [6, 6.07) is 0. The quantitative estimate of drug-likeness (QED) is 0.0261. The lowest BCUT2D eigenvalue weighted by atomic mass is 10.0. The molecule has 0 aliphatic heterocycles. The molecule has 6 nitrogen and oxygen atoms in total. The van der Waals surface area contributed by atoms with Crippen molar-refractivity contribution in [3.05, 3.63) is 109 Å². The SMILES string of the molecule is CC/C=C\C/C=C\C/C=C\C/C=C\C/C=C\C/C=C\C/C=C\CCCCCCCCCCCCCC(=O)OCC(COC(=O)CCCCCCCCCCCCCCC)OC(=O)CCCCCCCCC/C=C\C/C=C\CCCCCC. The Hall–Kier alpha value is -3.93. The lowest BCUT2D eigenvalue weighted by molar-refractivity contribution is -0.167. The Balaban J connectivity index is 4.25. The average Bonchev–Trinajstić information content (AvgIpc) is 3.47. The van der Waals surface area contributed by atoms with Crippen molar-refractivity contribution < 1.29 is 28.6 Å². The summed E-state index contributed by atoms with van der Waals surface area (Å²) in [6.45, 7) is 6.53. The number of rotatable bonds is 63. The summed E-state index contributed by atoms with van der Waals surface area (Å²) in [4.78, 5) is 38.4. The van der Waals surface area contributed by atoms with Gasteiger partial charge in [-0.2, -0.15) is 0 Å². The molecule has 0 aromatic heterocycles. The third kappa shape index (κ3) is 66.9.